The third-order valence-electron chi connectivity index (χ3n) is 7.57. The summed E-state index contributed by atoms with van der Waals surface area (Å²) < 4.78 is 5.46. The normalized spacial score (nSPS) is 18.4. The Hall–Kier alpha value is -2.88. The second-order valence-electron chi connectivity index (χ2n) is 15.1. The molecule has 0 heterocycles. The fourth-order valence-corrected chi connectivity index (χ4v) is 5.35. The van der Waals surface area contributed by atoms with Crippen molar-refractivity contribution in [3.05, 3.63) is 70.9 Å². The first kappa shape index (κ1) is 30.7. The Bertz CT molecular complexity index is 1100. The zero-order valence-electron chi connectivity index (χ0n) is 26.4. The lowest BCUT2D eigenvalue weighted by atomic mass is 9.70. The molecule has 0 bridgehead atoms. The van der Waals surface area contributed by atoms with Gasteiger partial charge in [-0.3, -0.25) is 9.59 Å². The van der Waals surface area contributed by atoms with E-state index in [1.807, 2.05) is 12.1 Å². The van der Waals surface area contributed by atoms with Gasteiger partial charge in [0.1, 0.15) is 5.75 Å². The number of hydrogen-bond donors (Lipinski definition) is 0. The molecule has 3 rings (SSSR count). The number of carbonyl (C=O) groups excluding carboxylic acids is 2. The number of nitrogens with zero attached hydrogens (tertiary/aromatic N) is 1. The van der Waals surface area contributed by atoms with Gasteiger partial charge in [-0.1, -0.05) is 107 Å². The molecule has 0 aromatic heterocycles. The molecule has 0 fully saturated rings. The van der Waals surface area contributed by atoms with E-state index in [0.29, 0.717) is 0 Å². The molecule has 212 valence electrons. The summed E-state index contributed by atoms with van der Waals surface area (Å²) in [4.78, 5) is 29.8. The van der Waals surface area contributed by atoms with Crippen LogP contribution in [0.15, 0.2) is 70.9 Å². The number of allylic oxidation sites excluding steroid dienone is 4. The number of methoxy groups -OCH3 is 1. The quantitative estimate of drug-likeness (QED) is 0.392. The number of hydrogen-bond acceptors (Lipinski definition) is 4. The van der Waals surface area contributed by atoms with Crippen LogP contribution in [0.25, 0.3) is 0 Å². The van der Waals surface area contributed by atoms with Crippen molar-refractivity contribution >= 4 is 17.3 Å². The van der Waals surface area contributed by atoms with Crippen LogP contribution < -0.4 is 9.64 Å². The summed E-state index contributed by atoms with van der Waals surface area (Å²) in [6.07, 6.45) is 8.53. The van der Waals surface area contributed by atoms with Gasteiger partial charge in [-0.15, -0.1) is 0 Å². The van der Waals surface area contributed by atoms with Crippen LogP contribution in [0, 0.1) is 21.7 Å². The van der Waals surface area contributed by atoms with E-state index in [1.165, 1.54) is 0 Å². The number of rotatable bonds is 4. The smallest absolute Gasteiger partial charge is 0.185 e. The zero-order valence-corrected chi connectivity index (χ0v) is 26.4. The van der Waals surface area contributed by atoms with Crippen LogP contribution in [-0.2, 0) is 9.59 Å². The van der Waals surface area contributed by atoms with Crippen LogP contribution >= 0.6 is 0 Å². The first-order valence-electron chi connectivity index (χ1n) is 14.1. The Kier molecular flexibility index (Phi) is 8.07. The second-order valence-corrected chi connectivity index (χ2v) is 15.1. The average Bonchev–Trinajstić information content (AvgIpc) is 2.78. The van der Waals surface area contributed by atoms with Crippen molar-refractivity contribution in [2.24, 2.45) is 21.7 Å². The highest BCUT2D eigenvalue weighted by atomic mass is 16.5. The fraction of sp³-hybridized carbons (Fsp3) is 0.543. The third-order valence-corrected chi connectivity index (χ3v) is 7.57. The van der Waals surface area contributed by atoms with E-state index < -0.39 is 0 Å². The molecule has 39 heavy (non-hydrogen) atoms. The summed E-state index contributed by atoms with van der Waals surface area (Å²) in [5, 5.41) is 0. The van der Waals surface area contributed by atoms with Crippen molar-refractivity contribution in [3.63, 3.8) is 0 Å². The minimum Gasteiger partial charge on any atom is -0.497 e. The molecular formula is C35H49NO3. The molecule has 0 atom stereocenters. The number of anilines is 1. The topological polar surface area (TPSA) is 46.6 Å². The summed E-state index contributed by atoms with van der Waals surface area (Å²) >= 11 is 0. The highest BCUT2D eigenvalue weighted by Crippen LogP contribution is 2.43. The van der Waals surface area contributed by atoms with Gasteiger partial charge in [0.05, 0.1) is 19.2 Å². The molecule has 0 amide bonds. The van der Waals surface area contributed by atoms with Gasteiger partial charge in [-0.25, -0.2) is 0 Å². The molecule has 0 saturated heterocycles. The van der Waals surface area contributed by atoms with E-state index in [9.17, 15) is 9.59 Å². The monoisotopic (exact) mass is 531 g/mol. The molecule has 0 N–H and O–H groups in total. The van der Waals surface area contributed by atoms with Gasteiger partial charge in [-0.2, -0.15) is 0 Å². The molecule has 2 aliphatic rings. The molecule has 0 radical (unpaired) electrons. The minimum atomic E-state index is -0.312. The van der Waals surface area contributed by atoms with Crippen molar-refractivity contribution in [1.82, 2.24) is 0 Å². The molecule has 0 aliphatic heterocycles. The number of ketones is 2. The van der Waals surface area contributed by atoms with E-state index >= 15 is 0 Å². The summed E-state index contributed by atoms with van der Waals surface area (Å²) in [5.74, 6) is 1.03. The van der Waals surface area contributed by atoms with Gasteiger partial charge in [0.2, 0.25) is 0 Å². The van der Waals surface area contributed by atoms with Gasteiger partial charge >= 0.3 is 0 Å². The number of ether oxygens (including phenoxy) is 1. The predicted molar refractivity (Wildman–Crippen MR) is 163 cm³/mol. The third kappa shape index (κ3) is 6.48. The van der Waals surface area contributed by atoms with Crippen molar-refractivity contribution in [1.29, 1.82) is 0 Å². The second kappa shape index (κ2) is 10.3. The van der Waals surface area contributed by atoms with E-state index in [0.717, 1.165) is 33.7 Å². The predicted octanol–water partition coefficient (Wildman–Crippen LogP) is 8.29. The lowest BCUT2D eigenvalue weighted by Gasteiger charge is -2.43. The van der Waals surface area contributed by atoms with Crippen molar-refractivity contribution < 1.29 is 14.3 Å². The Morgan fingerprint density at radius 3 is 1.05 bits per heavy atom. The number of carbonyl (C=O) groups is 2. The molecule has 0 unspecified atom stereocenters. The summed E-state index contributed by atoms with van der Waals surface area (Å²) in [6.45, 7) is 25.2. The van der Waals surface area contributed by atoms with Crippen LogP contribution in [0.3, 0.4) is 0 Å². The fourth-order valence-electron chi connectivity index (χ4n) is 5.35. The van der Waals surface area contributed by atoms with Crippen LogP contribution in [0.4, 0.5) is 5.69 Å². The van der Waals surface area contributed by atoms with Crippen molar-refractivity contribution in [2.45, 2.75) is 95.2 Å². The molecule has 2 aliphatic carbocycles. The first-order chi connectivity index (χ1) is 17.7. The van der Waals surface area contributed by atoms with Crippen LogP contribution in [-0.4, -0.2) is 30.8 Å². The maximum absolute atomic E-state index is 13.8. The largest absolute Gasteiger partial charge is 0.497 e. The molecule has 1 aromatic carbocycles. The van der Waals surface area contributed by atoms with E-state index in [4.69, 9.17) is 4.74 Å². The van der Waals surface area contributed by atoms with E-state index in [1.54, 1.807) is 7.11 Å². The standard InChI is InChI=1S/C35H49NO3/c1-32(2,3)26-18-23(19-27(30(26)37)33(4,5)6)36(22-14-16-25(39-13)17-15-22)24-20-28(34(7,8)9)31(38)29(21-24)35(10,11)12/h14-21,23-24H,1-13H3. The summed E-state index contributed by atoms with van der Waals surface area (Å²) in [5.41, 5.74) is 3.05. The lowest BCUT2D eigenvalue weighted by Crippen LogP contribution is -2.46. The summed E-state index contributed by atoms with van der Waals surface area (Å²) in [7, 11) is 1.67. The van der Waals surface area contributed by atoms with Crippen LogP contribution in [0.1, 0.15) is 83.1 Å². The van der Waals surface area contributed by atoms with Crippen molar-refractivity contribution in [3.8, 4) is 5.75 Å². The minimum absolute atomic E-state index is 0.122. The van der Waals surface area contributed by atoms with Gasteiger partial charge in [0, 0.05) is 28.0 Å². The van der Waals surface area contributed by atoms with E-state index in [-0.39, 0.29) is 45.3 Å². The lowest BCUT2D eigenvalue weighted by molar-refractivity contribution is -0.114. The number of Topliss-reactive ketones (excluding diaryl/α,β-unsaturated/α-hetero) is 2. The van der Waals surface area contributed by atoms with Crippen LogP contribution in [0.2, 0.25) is 0 Å². The number of benzene rings is 1. The molecule has 0 saturated carbocycles. The van der Waals surface area contributed by atoms with Crippen LogP contribution in [0.5, 0.6) is 5.75 Å². The first-order valence-corrected chi connectivity index (χ1v) is 14.1. The Balaban J connectivity index is 2.36. The Labute approximate surface area is 236 Å². The SMILES string of the molecule is COc1ccc(N(C2C=C(C(C)(C)C)C(=O)C(C(C)(C)C)=C2)C2C=C(C(C)(C)C)C(=O)C(C(C)(C)C)=C2)cc1. The molecule has 4 heteroatoms. The molecule has 1 aromatic rings. The Morgan fingerprint density at radius 1 is 0.538 bits per heavy atom. The molecular weight excluding hydrogens is 482 g/mol. The van der Waals surface area contributed by atoms with Gasteiger partial charge in [0.25, 0.3) is 0 Å². The van der Waals surface area contributed by atoms with Gasteiger partial charge in [-0.05, 0) is 45.9 Å². The van der Waals surface area contributed by atoms with E-state index in [2.05, 4.69) is 124 Å². The Morgan fingerprint density at radius 2 is 0.821 bits per heavy atom. The van der Waals surface area contributed by atoms with Gasteiger partial charge in [0.15, 0.2) is 11.6 Å². The zero-order chi connectivity index (χ0) is 29.7. The highest BCUT2D eigenvalue weighted by Gasteiger charge is 2.40. The molecule has 0 spiro atoms. The van der Waals surface area contributed by atoms with Crippen molar-refractivity contribution in [2.75, 3.05) is 12.0 Å². The maximum atomic E-state index is 13.8. The molecule has 4 nitrogen and oxygen atoms in total. The highest BCUT2D eigenvalue weighted by molar-refractivity contribution is 6.12. The average molecular weight is 532 g/mol. The van der Waals surface area contributed by atoms with Gasteiger partial charge < -0.3 is 9.64 Å². The summed E-state index contributed by atoms with van der Waals surface area (Å²) in [6, 6.07) is 7.69. The maximum Gasteiger partial charge on any atom is 0.185 e.